The third-order valence-corrected chi connectivity index (χ3v) is 4.76. The van der Waals surface area contributed by atoms with Crippen LogP contribution in [0.15, 0.2) is 40.2 Å². The maximum absolute atomic E-state index is 6.27. The second-order valence-corrected chi connectivity index (χ2v) is 5.90. The van der Waals surface area contributed by atoms with Gasteiger partial charge < -0.3 is 5.73 Å². The zero-order chi connectivity index (χ0) is 12.3. The van der Waals surface area contributed by atoms with Crippen LogP contribution < -0.4 is 5.73 Å². The molecule has 2 rings (SSSR count). The van der Waals surface area contributed by atoms with Gasteiger partial charge in [0.1, 0.15) is 0 Å². The molecule has 0 fully saturated rings. The fourth-order valence-electron chi connectivity index (χ4n) is 1.86. The molecule has 1 aromatic heterocycles. The first kappa shape index (κ1) is 12.8. The van der Waals surface area contributed by atoms with Crippen molar-refractivity contribution in [3.8, 4) is 0 Å². The molecule has 1 atom stereocenters. The van der Waals surface area contributed by atoms with Crippen LogP contribution in [-0.2, 0) is 6.42 Å². The molecule has 3 heteroatoms. The van der Waals surface area contributed by atoms with Crippen molar-refractivity contribution < 1.29 is 0 Å². The molecule has 0 aliphatic heterocycles. The normalized spacial score (nSPS) is 12.6. The van der Waals surface area contributed by atoms with E-state index in [-0.39, 0.29) is 6.04 Å². The summed E-state index contributed by atoms with van der Waals surface area (Å²) in [6.07, 6.45) is 2.32. The van der Waals surface area contributed by atoms with Crippen molar-refractivity contribution in [3.63, 3.8) is 0 Å². The van der Waals surface area contributed by atoms with Gasteiger partial charge in [-0.05, 0) is 44.9 Å². The van der Waals surface area contributed by atoms with E-state index in [1.165, 1.54) is 22.4 Å². The van der Waals surface area contributed by atoms with Crippen LogP contribution >= 0.6 is 27.3 Å². The molecular formula is C14H16BrNS. The highest BCUT2D eigenvalue weighted by Gasteiger charge is 2.13. The van der Waals surface area contributed by atoms with Gasteiger partial charge in [-0.15, -0.1) is 11.3 Å². The zero-order valence-electron chi connectivity index (χ0n) is 9.82. The molecule has 0 aliphatic rings. The van der Waals surface area contributed by atoms with E-state index in [4.69, 9.17) is 5.73 Å². The highest BCUT2D eigenvalue weighted by atomic mass is 79.9. The Morgan fingerprint density at radius 1 is 1.24 bits per heavy atom. The summed E-state index contributed by atoms with van der Waals surface area (Å²) in [6, 6.07) is 10.7. The maximum Gasteiger partial charge on any atom is 0.0657 e. The lowest BCUT2D eigenvalue weighted by Crippen LogP contribution is -2.10. The SMILES string of the molecule is CCCc1ccc(C(N)c2sccc2Br)cc1. The molecule has 0 saturated carbocycles. The zero-order valence-corrected chi connectivity index (χ0v) is 12.2. The van der Waals surface area contributed by atoms with E-state index in [9.17, 15) is 0 Å². The van der Waals surface area contributed by atoms with E-state index >= 15 is 0 Å². The van der Waals surface area contributed by atoms with Gasteiger partial charge in [-0.1, -0.05) is 37.6 Å². The van der Waals surface area contributed by atoms with Crippen LogP contribution in [0, 0.1) is 0 Å². The summed E-state index contributed by atoms with van der Waals surface area (Å²) < 4.78 is 1.10. The Hall–Kier alpha value is -0.640. The number of rotatable bonds is 4. The Bertz CT molecular complexity index is 475. The number of thiophene rings is 1. The molecule has 17 heavy (non-hydrogen) atoms. The minimum absolute atomic E-state index is 0.0277. The van der Waals surface area contributed by atoms with Crippen LogP contribution in [0.4, 0.5) is 0 Å². The minimum atomic E-state index is -0.0277. The molecular weight excluding hydrogens is 294 g/mol. The molecule has 2 aromatic rings. The topological polar surface area (TPSA) is 26.0 Å². The molecule has 1 unspecified atom stereocenters. The fourth-order valence-corrected chi connectivity index (χ4v) is 3.51. The van der Waals surface area contributed by atoms with Crippen LogP contribution in [0.2, 0.25) is 0 Å². The van der Waals surface area contributed by atoms with Gasteiger partial charge in [0.05, 0.1) is 6.04 Å². The summed E-state index contributed by atoms with van der Waals surface area (Å²) in [4.78, 5) is 1.19. The van der Waals surface area contributed by atoms with Crippen molar-refractivity contribution >= 4 is 27.3 Å². The van der Waals surface area contributed by atoms with E-state index in [2.05, 4.69) is 52.5 Å². The molecule has 1 heterocycles. The molecule has 1 aromatic carbocycles. The number of halogens is 1. The van der Waals surface area contributed by atoms with Gasteiger partial charge in [-0.3, -0.25) is 0 Å². The molecule has 0 aliphatic carbocycles. The maximum atomic E-state index is 6.27. The lowest BCUT2D eigenvalue weighted by molar-refractivity contribution is 0.880. The van der Waals surface area contributed by atoms with Crippen molar-refractivity contribution in [2.24, 2.45) is 5.73 Å². The van der Waals surface area contributed by atoms with Crippen LogP contribution in [0.1, 0.15) is 35.4 Å². The lowest BCUT2D eigenvalue weighted by Gasteiger charge is -2.11. The van der Waals surface area contributed by atoms with Gasteiger partial charge in [0.2, 0.25) is 0 Å². The number of hydrogen-bond donors (Lipinski definition) is 1. The smallest absolute Gasteiger partial charge is 0.0657 e. The van der Waals surface area contributed by atoms with E-state index in [1.807, 2.05) is 6.07 Å². The van der Waals surface area contributed by atoms with Crippen LogP contribution in [0.3, 0.4) is 0 Å². The Labute approximate surface area is 115 Å². The molecule has 0 spiro atoms. The average Bonchev–Trinajstić information content (AvgIpc) is 2.76. The van der Waals surface area contributed by atoms with Crippen molar-refractivity contribution in [2.45, 2.75) is 25.8 Å². The summed E-state index contributed by atoms with van der Waals surface area (Å²) in [5.74, 6) is 0. The highest BCUT2D eigenvalue weighted by Crippen LogP contribution is 2.31. The Balaban J connectivity index is 2.20. The minimum Gasteiger partial charge on any atom is -0.320 e. The van der Waals surface area contributed by atoms with Gasteiger partial charge in [0, 0.05) is 9.35 Å². The van der Waals surface area contributed by atoms with Crippen LogP contribution in [-0.4, -0.2) is 0 Å². The van der Waals surface area contributed by atoms with Crippen molar-refractivity contribution in [3.05, 3.63) is 56.2 Å². The third kappa shape index (κ3) is 2.97. The predicted octanol–water partition coefficient (Wildman–Crippen LogP) is 4.51. The fraction of sp³-hybridized carbons (Fsp3) is 0.286. The first-order chi connectivity index (χ1) is 8.22. The average molecular weight is 310 g/mol. The van der Waals surface area contributed by atoms with Gasteiger partial charge in [0.15, 0.2) is 0 Å². The van der Waals surface area contributed by atoms with Gasteiger partial charge in [0.25, 0.3) is 0 Å². The molecule has 90 valence electrons. The first-order valence-electron chi connectivity index (χ1n) is 5.79. The lowest BCUT2D eigenvalue weighted by atomic mass is 10.0. The van der Waals surface area contributed by atoms with Crippen molar-refractivity contribution in [1.29, 1.82) is 0 Å². The third-order valence-electron chi connectivity index (χ3n) is 2.80. The summed E-state index contributed by atoms with van der Waals surface area (Å²) in [7, 11) is 0. The number of benzene rings is 1. The summed E-state index contributed by atoms with van der Waals surface area (Å²) in [6.45, 7) is 2.20. The molecule has 0 radical (unpaired) electrons. The Morgan fingerprint density at radius 3 is 2.47 bits per heavy atom. The molecule has 1 nitrogen and oxygen atoms in total. The predicted molar refractivity (Wildman–Crippen MR) is 78.5 cm³/mol. The number of hydrogen-bond acceptors (Lipinski definition) is 2. The van der Waals surface area contributed by atoms with E-state index in [0.717, 1.165) is 10.9 Å². The largest absolute Gasteiger partial charge is 0.320 e. The monoisotopic (exact) mass is 309 g/mol. The molecule has 0 saturated heterocycles. The van der Waals surface area contributed by atoms with Gasteiger partial charge in [-0.2, -0.15) is 0 Å². The summed E-state index contributed by atoms with van der Waals surface area (Å²) >= 11 is 5.23. The first-order valence-corrected chi connectivity index (χ1v) is 7.47. The second kappa shape index (κ2) is 5.80. The highest BCUT2D eigenvalue weighted by molar-refractivity contribution is 9.10. The molecule has 0 bridgehead atoms. The van der Waals surface area contributed by atoms with Crippen molar-refractivity contribution in [1.82, 2.24) is 0 Å². The van der Waals surface area contributed by atoms with Crippen LogP contribution in [0.5, 0.6) is 0 Å². The number of nitrogens with two attached hydrogens (primary N) is 1. The summed E-state index contributed by atoms with van der Waals surface area (Å²) in [5, 5.41) is 2.06. The second-order valence-electron chi connectivity index (χ2n) is 4.10. The standard InChI is InChI=1S/C14H16BrNS/c1-2-3-10-4-6-11(7-5-10)13(16)14-12(15)8-9-17-14/h4-9,13H,2-3,16H2,1H3. The van der Waals surface area contributed by atoms with E-state index in [1.54, 1.807) is 11.3 Å². The quantitative estimate of drug-likeness (QED) is 0.883. The molecule has 2 N–H and O–H groups in total. The van der Waals surface area contributed by atoms with Gasteiger partial charge >= 0.3 is 0 Å². The Morgan fingerprint density at radius 2 is 1.94 bits per heavy atom. The Kier molecular flexibility index (Phi) is 4.37. The molecule has 0 amide bonds. The summed E-state index contributed by atoms with van der Waals surface area (Å²) in [5.41, 5.74) is 8.82. The number of aryl methyl sites for hydroxylation is 1. The van der Waals surface area contributed by atoms with Crippen molar-refractivity contribution in [2.75, 3.05) is 0 Å². The van der Waals surface area contributed by atoms with Crippen LogP contribution in [0.25, 0.3) is 0 Å². The van der Waals surface area contributed by atoms with E-state index in [0.29, 0.717) is 0 Å². The van der Waals surface area contributed by atoms with E-state index < -0.39 is 0 Å². The van der Waals surface area contributed by atoms with Gasteiger partial charge in [-0.25, -0.2) is 0 Å².